The molecule has 0 saturated carbocycles. The molecule has 0 atom stereocenters. The molecule has 3 N–H and O–H groups in total. The van der Waals surface area contributed by atoms with Gasteiger partial charge < -0.3 is 15.8 Å². The van der Waals surface area contributed by atoms with E-state index >= 15 is 0 Å². The summed E-state index contributed by atoms with van der Waals surface area (Å²) in [6.45, 7) is 3.72. The predicted molar refractivity (Wildman–Crippen MR) is 89.0 cm³/mol. The number of anilines is 2. The minimum atomic E-state index is -0.608. The van der Waals surface area contributed by atoms with Crippen LogP contribution in [-0.2, 0) is 10.2 Å². The van der Waals surface area contributed by atoms with E-state index in [1.54, 1.807) is 24.3 Å². The Morgan fingerprint density at radius 2 is 1.77 bits per heavy atom. The number of fused-ring (bicyclic) bond motifs is 1. The summed E-state index contributed by atoms with van der Waals surface area (Å²) in [5, 5.41) is 3.51. The van der Waals surface area contributed by atoms with Crippen molar-refractivity contribution in [3.63, 3.8) is 0 Å². The second-order valence-corrected chi connectivity index (χ2v) is 6.52. The SMILES string of the molecule is CC1(C)C(=O)Nc2ccc(Oc3c(Cl)cc(N)cc3Cl)cc21. The third-order valence-electron chi connectivity index (χ3n) is 3.72. The Bertz CT molecular complexity index is 765. The molecular formula is C16H14Cl2N2O2. The van der Waals surface area contributed by atoms with Crippen molar-refractivity contribution in [1.29, 1.82) is 0 Å². The second kappa shape index (κ2) is 5.07. The highest BCUT2D eigenvalue weighted by atomic mass is 35.5. The Kier molecular flexibility index (Phi) is 3.46. The lowest BCUT2D eigenvalue weighted by atomic mass is 9.86. The van der Waals surface area contributed by atoms with Crippen molar-refractivity contribution in [1.82, 2.24) is 0 Å². The van der Waals surface area contributed by atoms with E-state index in [1.165, 1.54) is 0 Å². The number of rotatable bonds is 2. The van der Waals surface area contributed by atoms with E-state index in [0.717, 1.165) is 11.3 Å². The zero-order valence-electron chi connectivity index (χ0n) is 12.0. The fourth-order valence-corrected chi connectivity index (χ4v) is 2.99. The van der Waals surface area contributed by atoms with Crippen molar-refractivity contribution >= 4 is 40.5 Å². The zero-order chi connectivity index (χ0) is 16.1. The third kappa shape index (κ3) is 2.38. The van der Waals surface area contributed by atoms with Crippen molar-refractivity contribution in [3.05, 3.63) is 45.9 Å². The molecule has 1 aliphatic heterocycles. The van der Waals surface area contributed by atoms with Gasteiger partial charge in [-0.2, -0.15) is 0 Å². The fourth-order valence-electron chi connectivity index (χ4n) is 2.41. The topological polar surface area (TPSA) is 64.3 Å². The molecule has 1 heterocycles. The number of hydrogen-bond acceptors (Lipinski definition) is 3. The average molecular weight is 337 g/mol. The van der Waals surface area contributed by atoms with Gasteiger partial charge in [0.05, 0.1) is 15.5 Å². The molecule has 0 aliphatic carbocycles. The minimum absolute atomic E-state index is 0.0387. The van der Waals surface area contributed by atoms with Crippen LogP contribution in [-0.4, -0.2) is 5.91 Å². The van der Waals surface area contributed by atoms with Gasteiger partial charge in [-0.15, -0.1) is 0 Å². The summed E-state index contributed by atoms with van der Waals surface area (Å²) >= 11 is 12.3. The molecule has 0 aromatic heterocycles. The quantitative estimate of drug-likeness (QED) is 0.788. The molecule has 6 heteroatoms. The van der Waals surface area contributed by atoms with Gasteiger partial charge in [-0.1, -0.05) is 23.2 Å². The fraction of sp³-hybridized carbons (Fsp3) is 0.188. The van der Waals surface area contributed by atoms with Crippen molar-refractivity contribution in [3.8, 4) is 11.5 Å². The highest BCUT2D eigenvalue weighted by Gasteiger charge is 2.38. The number of halogens is 2. The first-order valence-corrected chi connectivity index (χ1v) is 7.43. The normalized spacial score (nSPS) is 15.4. The first-order chi connectivity index (χ1) is 10.3. The smallest absolute Gasteiger partial charge is 0.234 e. The largest absolute Gasteiger partial charge is 0.454 e. The van der Waals surface area contributed by atoms with Crippen molar-refractivity contribution < 1.29 is 9.53 Å². The molecule has 4 nitrogen and oxygen atoms in total. The molecule has 3 rings (SSSR count). The highest BCUT2D eigenvalue weighted by Crippen LogP contribution is 2.42. The van der Waals surface area contributed by atoms with E-state index in [9.17, 15) is 4.79 Å². The van der Waals surface area contributed by atoms with Crippen LogP contribution in [0.2, 0.25) is 10.0 Å². The number of ether oxygens (including phenoxy) is 1. The molecule has 0 spiro atoms. The summed E-state index contributed by atoms with van der Waals surface area (Å²) < 4.78 is 5.79. The number of nitrogens with one attached hydrogen (secondary N) is 1. The Hall–Kier alpha value is -1.91. The monoisotopic (exact) mass is 336 g/mol. The summed E-state index contributed by atoms with van der Waals surface area (Å²) in [5.74, 6) is 0.854. The lowest BCUT2D eigenvalue weighted by Crippen LogP contribution is -2.26. The van der Waals surface area contributed by atoms with E-state index in [0.29, 0.717) is 27.2 Å². The molecule has 22 heavy (non-hydrogen) atoms. The Morgan fingerprint density at radius 3 is 2.41 bits per heavy atom. The Labute approximate surface area is 138 Å². The standard InChI is InChI=1S/C16H14Cl2N2O2/c1-16(2)10-7-9(3-4-13(10)20-15(16)21)22-14-11(17)5-8(19)6-12(14)18/h3-7H,19H2,1-2H3,(H,20,21). The molecule has 0 fully saturated rings. The van der Waals surface area contributed by atoms with Crippen LogP contribution in [0.1, 0.15) is 19.4 Å². The summed E-state index contributed by atoms with van der Waals surface area (Å²) in [6, 6.07) is 8.52. The summed E-state index contributed by atoms with van der Waals surface area (Å²) in [6.07, 6.45) is 0. The van der Waals surface area contributed by atoms with Gasteiger partial charge in [-0.25, -0.2) is 0 Å². The van der Waals surface area contributed by atoms with Crippen molar-refractivity contribution in [2.24, 2.45) is 0 Å². The van der Waals surface area contributed by atoms with Gasteiger partial charge in [0.25, 0.3) is 0 Å². The predicted octanol–water partition coefficient (Wildman–Crippen LogP) is 4.60. The first-order valence-electron chi connectivity index (χ1n) is 6.67. The molecule has 2 aromatic rings. The number of benzene rings is 2. The molecule has 0 unspecified atom stereocenters. The van der Waals surface area contributed by atoms with Crippen LogP contribution in [0.25, 0.3) is 0 Å². The number of nitrogen functional groups attached to an aromatic ring is 1. The third-order valence-corrected chi connectivity index (χ3v) is 4.28. The van der Waals surface area contributed by atoms with Crippen LogP contribution >= 0.6 is 23.2 Å². The van der Waals surface area contributed by atoms with Gasteiger partial charge >= 0.3 is 0 Å². The maximum atomic E-state index is 12.0. The van der Waals surface area contributed by atoms with Gasteiger partial charge in [0, 0.05) is 11.4 Å². The highest BCUT2D eigenvalue weighted by molar-refractivity contribution is 6.37. The molecule has 0 bridgehead atoms. The van der Waals surface area contributed by atoms with Crippen molar-refractivity contribution in [2.45, 2.75) is 19.3 Å². The van der Waals surface area contributed by atoms with Crippen LogP contribution in [0.5, 0.6) is 11.5 Å². The molecule has 0 radical (unpaired) electrons. The number of carbonyl (C=O) groups excluding carboxylic acids is 1. The molecule has 2 aromatic carbocycles. The van der Waals surface area contributed by atoms with E-state index in [-0.39, 0.29) is 5.91 Å². The van der Waals surface area contributed by atoms with E-state index in [4.69, 9.17) is 33.7 Å². The number of nitrogens with two attached hydrogens (primary N) is 1. The molecule has 1 aliphatic rings. The second-order valence-electron chi connectivity index (χ2n) is 5.70. The van der Waals surface area contributed by atoms with E-state index in [1.807, 2.05) is 19.9 Å². The summed E-state index contributed by atoms with van der Waals surface area (Å²) in [4.78, 5) is 12.0. The van der Waals surface area contributed by atoms with Crippen LogP contribution in [0, 0.1) is 0 Å². The average Bonchev–Trinajstić information content (AvgIpc) is 2.65. The summed E-state index contributed by atoms with van der Waals surface area (Å²) in [7, 11) is 0. The van der Waals surface area contributed by atoms with Crippen molar-refractivity contribution in [2.75, 3.05) is 11.1 Å². The minimum Gasteiger partial charge on any atom is -0.454 e. The lowest BCUT2D eigenvalue weighted by Gasteiger charge is -2.16. The van der Waals surface area contributed by atoms with E-state index in [2.05, 4.69) is 5.32 Å². The Morgan fingerprint density at radius 1 is 1.14 bits per heavy atom. The van der Waals surface area contributed by atoms with Crippen LogP contribution in [0.4, 0.5) is 11.4 Å². The van der Waals surface area contributed by atoms with Gasteiger partial charge in [0.1, 0.15) is 5.75 Å². The molecule has 114 valence electrons. The Balaban J connectivity index is 2.00. The van der Waals surface area contributed by atoms with Crippen LogP contribution in [0.3, 0.4) is 0 Å². The molecule has 0 saturated heterocycles. The van der Waals surface area contributed by atoms with Gasteiger partial charge in [0.2, 0.25) is 5.91 Å². The van der Waals surface area contributed by atoms with Crippen LogP contribution in [0.15, 0.2) is 30.3 Å². The zero-order valence-corrected chi connectivity index (χ0v) is 13.5. The summed E-state index contributed by atoms with van der Waals surface area (Å²) in [5.41, 5.74) is 7.20. The van der Waals surface area contributed by atoms with Gasteiger partial charge in [0.15, 0.2) is 5.75 Å². The lowest BCUT2D eigenvalue weighted by molar-refractivity contribution is -0.119. The number of carbonyl (C=O) groups is 1. The maximum Gasteiger partial charge on any atom is 0.234 e. The number of amides is 1. The molecular weight excluding hydrogens is 323 g/mol. The number of hydrogen-bond donors (Lipinski definition) is 2. The van der Waals surface area contributed by atoms with Gasteiger partial charge in [-0.3, -0.25) is 4.79 Å². The van der Waals surface area contributed by atoms with Crippen LogP contribution < -0.4 is 15.8 Å². The first kappa shape index (κ1) is 15.0. The van der Waals surface area contributed by atoms with E-state index < -0.39 is 5.41 Å². The van der Waals surface area contributed by atoms with Gasteiger partial charge in [-0.05, 0) is 49.7 Å². The maximum absolute atomic E-state index is 12.0. The molecule has 1 amide bonds.